The Labute approximate surface area is 68.4 Å². The van der Waals surface area contributed by atoms with E-state index in [-0.39, 0.29) is 32.7 Å². The Morgan fingerprint density at radius 3 is 2.43 bits per heavy atom. The maximum absolute atomic E-state index is 3.92. The Morgan fingerprint density at radius 2 is 2.29 bits per heavy atom. The molecule has 0 aliphatic rings. The number of aryl methyl sites for hydroxylation is 1. The van der Waals surface area contributed by atoms with Gasteiger partial charge in [0.05, 0.1) is 0 Å². The fourth-order valence-corrected chi connectivity index (χ4v) is 0.386. The average Bonchev–Trinajstić information content (AvgIpc) is 1.86. The zero-order valence-corrected chi connectivity index (χ0v) is 7.09. The van der Waals surface area contributed by atoms with E-state index in [9.17, 15) is 0 Å². The van der Waals surface area contributed by atoms with Crippen molar-refractivity contribution in [3.05, 3.63) is 24.0 Å². The fraction of sp³-hybridized carbons (Fsp3) is 0.200. The van der Waals surface area contributed by atoms with Gasteiger partial charge in [-0.2, -0.15) is 12.1 Å². The predicted octanol–water partition coefficient (Wildman–Crippen LogP) is 1.11. The second-order valence-corrected chi connectivity index (χ2v) is 1.28. The molecule has 1 heterocycles. The SMILES string of the molecule is C[c-]1cccn1.[Y]. The van der Waals surface area contributed by atoms with Gasteiger partial charge in [-0.15, -0.1) is 6.20 Å². The van der Waals surface area contributed by atoms with Gasteiger partial charge in [-0.3, -0.25) is 0 Å². The molecule has 0 aromatic carbocycles. The molecule has 1 rings (SSSR count). The first-order valence-corrected chi connectivity index (χ1v) is 1.94. The maximum Gasteiger partial charge on any atom is 0 e. The van der Waals surface area contributed by atoms with Crippen LogP contribution in [0.4, 0.5) is 0 Å². The molecule has 0 saturated heterocycles. The first kappa shape index (κ1) is 7.38. The van der Waals surface area contributed by atoms with Gasteiger partial charge in [0.1, 0.15) is 0 Å². The normalized spacial score (nSPS) is 7.57. The van der Waals surface area contributed by atoms with Crippen LogP contribution in [0.2, 0.25) is 0 Å². The van der Waals surface area contributed by atoms with Crippen molar-refractivity contribution in [3.63, 3.8) is 0 Å². The molecule has 0 bridgehead atoms. The van der Waals surface area contributed by atoms with Crippen molar-refractivity contribution < 1.29 is 32.7 Å². The van der Waals surface area contributed by atoms with Crippen molar-refractivity contribution in [1.29, 1.82) is 0 Å². The molecule has 0 aliphatic carbocycles. The van der Waals surface area contributed by atoms with Crippen LogP contribution in [0, 0.1) is 6.92 Å². The van der Waals surface area contributed by atoms with Gasteiger partial charge in [-0.05, 0) is 0 Å². The minimum Gasteiger partial charge on any atom is -0.400 e. The van der Waals surface area contributed by atoms with E-state index in [0.717, 1.165) is 5.69 Å². The Balaban J connectivity index is 0.000000360. The summed E-state index contributed by atoms with van der Waals surface area (Å²) in [5, 5.41) is 0. The van der Waals surface area contributed by atoms with Gasteiger partial charge in [-0.1, -0.05) is 12.6 Å². The van der Waals surface area contributed by atoms with Crippen molar-refractivity contribution in [2.24, 2.45) is 0 Å². The van der Waals surface area contributed by atoms with E-state index in [1.165, 1.54) is 0 Å². The first-order chi connectivity index (χ1) is 2.89. The number of hydrogen-bond donors (Lipinski definition) is 0. The van der Waals surface area contributed by atoms with Crippen molar-refractivity contribution >= 4 is 0 Å². The van der Waals surface area contributed by atoms with Crippen LogP contribution in [0.1, 0.15) is 5.69 Å². The Bertz CT molecular complexity index is 112. The van der Waals surface area contributed by atoms with Crippen LogP contribution in [-0.2, 0) is 32.7 Å². The molecule has 0 atom stereocenters. The van der Waals surface area contributed by atoms with E-state index in [1.54, 1.807) is 6.20 Å². The van der Waals surface area contributed by atoms with Gasteiger partial charge in [0.25, 0.3) is 0 Å². The third-order valence-corrected chi connectivity index (χ3v) is 0.702. The van der Waals surface area contributed by atoms with Crippen LogP contribution in [0.25, 0.3) is 0 Å². The first-order valence-electron chi connectivity index (χ1n) is 1.94. The summed E-state index contributed by atoms with van der Waals surface area (Å²) in [6.45, 7) is 1.97. The second kappa shape index (κ2) is 3.39. The van der Waals surface area contributed by atoms with Crippen molar-refractivity contribution in [2.75, 3.05) is 0 Å². The Kier molecular flexibility index (Phi) is 3.58. The molecule has 0 spiro atoms. The molecular formula is C5H6NY-. The summed E-state index contributed by atoms with van der Waals surface area (Å²) in [6, 6.07) is 3.90. The summed E-state index contributed by atoms with van der Waals surface area (Å²) < 4.78 is 0. The molecule has 0 unspecified atom stereocenters. The van der Waals surface area contributed by atoms with E-state index in [1.807, 2.05) is 19.1 Å². The molecular weight excluding hydrogens is 163 g/mol. The monoisotopic (exact) mass is 169 g/mol. The average molecular weight is 169 g/mol. The quantitative estimate of drug-likeness (QED) is 0.530. The summed E-state index contributed by atoms with van der Waals surface area (Å²) in [5.74, 6) is 0. The molecule has 0 amide bonds. The minimum absolute atomic E-state index is 0. The van der Waals surface area contributed by atoms with E-state index in [0.29, 0.717) is 0 Å². The molecule has 1 nitrogen and oxygen atoms in total. The van der Waals surface area contributed by atoms with Gasteiger partial charge in [0.2, 0.25) is 0 Å². The van der Waals surface area contributed by atoms with E-state index in [4.69, 9.17) is 0 Å². The maximum atomic E-state index is 3.92. The zero-order chi connectivity index (χ0) is 4.41. The van der Waals surface area contributed by atoms with E-state index >= 15 is 0 Å². The largest absolute Gasteiger partial charge is 0.400 e. The van der Waals surface area contributed by atoms with Crippen molar-refractivity contribution in [1.82, 2.24) is 4.98 Å². The van der Waals surface area contributed by atoms with Crippen LogP contribution in [0.5, 0.6) is 0 Å². The van der Waals surface area contributed by atoms with Crippen LogP contribution in [-0.4, -0.2) is 4.98 Å². The molecule has 2 heteroatoms. The molecule has 0 fully saturated rings. The van der Waals surface area contributed by atoms with Crippen LogP contribution < -0.4 is 0 Å². The van der Waals surface area contributed by atoms with E-state index in [2.05, 4.69) is 4.98 Å². The topological polar surface area (TPSA) is 12.9 Å². The predicted molar refractivity (Wildman–Crippen MR) is 24.6 cm³/mol. The Morgan fingerprint density at radius 1 is 1.57 bits per heavy atom. The number of nitrogens with zero attached hydrogens (tertiary/aromatic N) is 1. The summed E-state index contributed by atoms with van der Waals surface area (Å²) in [5.41, 5.74) is 1.09. The summed E-state index contributed by atoms with van der Waals surface area (Å²) in [7, 11) is 0. The smallest absolute Gasteiger partial charge is 0 e. The zero-order valence-electron chi connectivity index (χ0n) is 4.26. The second-order valence-electron chi connectivity index (χ2n) is 1.28. The van der Waals surface area contributed by atoms with Gasteiger partial charge in [-0.25, -0.2) is 0 Å². The van der Waals surface area contributed by atoms with Crippen LogP contribution in [0.3, 0.4) is 0 Å². The molecule has 1 aromatic heterocycles. The third kappa shape index (κ3) is 2.25. The summed E-state index contributed by atoms with van der Waals surface area (Å²) in [6.07, 6.45) is 1.79. The Hall–Kier alpha value is 0.384. The molecule has 1 aromatic rings. The molecule has 35 valence electrons. The fourth-order valence-electron chi connectivity index (χ4n) is 0.386. The number of aromatic nitrogens is 1. The summed E-state index contributed by atoms with van der Waals surface area (Å²) in [4.78, 5) is 3.92. The van der Waals surface area contributed by atoms with Crippen molar-refractivity contribution in [2.45, 2.75) is 6.92 Å². The van der Waals surface area contributed by atoms with Crippen molar-refractivity contribution in [3.8, 4) is 0 Å². The van der Waals surface area contributed by atoms with Crippen LogP contribution >= 0.6 is 0 Å². The summed E-state index contributed by atoms with van der Waals surface area (Å²) >= 11 is 0. The number of rotatable bonds is 0. The van der Waals surface area contributed by atoms with Gasteiger partial charge in [0, 0.05) is 32.7 Å². The van der Waals surface area contributed by atoms with Gasteiger partial charge < -0.3 is 4.98 Å². The third-order valence-electron chi connectivity index (χ3n) is 0.702. The molecule has 7 heavy (non-hydrogen) atoms. The minimum atomic E-state index is 0. The number of hydrogen-bond acceptors (Lipinski definition) is 1. The molecule has 0 aliphatic heterocycles. The molecule has 1 radical (unpaired) electrons. The van der Waals surface area contributed by atoms with E-state index < -0.39 is 0 Å². The van der Waals surface area contributed by atoms with Gasteiger partial charge >= 0.3 is 0 Å². The molecule has 0 N–H and O–H groups in total. The standard InChI is InChI=1S/C5H6N.Y/c1-5-3-2-4-6-5;/h2-4H,1H3;/q-1;. The molecule has 0 saturated carbocycles. The van der Waals surface area contributed by atoms with Gasteiger partial charge in [0.15, 0.2) is 0 Å². The van der Waals surface area contributed by atoms with Crippen LogP contribution in [0.15, 0.2) is 18.3 Å².